The first-order valence-electron chi connectivity index (χ1n) is 10.6. The number of aryl methyl sites for hydroxylation is 1. The molecule has 0 spiro atoms. The Morgan fingerprint density at radius 1 is 1.09 bits per heavy atom. The molecule has 33 heavy (non-hydrogen) atoms. The molecule has 1 atom stereocenters. The molecule has 170 valence electrons. The fourth-order valence-electron chi connectivity index (χ4n) is 3.37. The molecule has 0 aliphatic carbocycles. The number of rotatable bonds is 8. The van der Waals surface area contributed by atoms with Crippen molar-refractivity contribution in [3.8, 4) is 11.5 Å². The molecule has 3 aromatic rings. The quantitative estimate of drug-likeness (QED) is 0.382. The number of amides is 1. The first kappa shape index (κ1) is 23.1. The number of ether oxygens (including phenoxy) is 2. The second kappa shape index (κ2) is 10.7. The fourth-order valence-corrected chi connectivity index (χ4v) is 4.54. The van der Waals surface area contributed by atoms with Gasteiger partial charge in [0.1, 0.15) is 6.61 Å². The summed E-state index contributed by atoms with van der Waals surface area (Å²) in [5.41, 5.74) is 3.76. The van der Waals surface area contributed by atoms with E-state index < -0.39 is 0 Å². The Balaban J connectivity index is 1.43. The van der Waals surface area contributed by atoms with Crippen LogP contribution in [0.2, 0.25) is 5.02 Å². The van der Waals surface area contributed by atoms with Crippen LogP contribution in [0.25, 0.3) is 6.08 Å². The van der Waals surface area contributed by atoms with Crippen LogP contribution in [0, 0.1) is 0 Å². The third-order valence-electron chi connectivity index (χ3n) is 5.22. The molecular formula is C26H25ClN2O3S. The van der Waals surface area contributed by atoms with Crippen LogP contribution >= 0.6 is 23.4 Å². The van der Waals surface area contributed by atoms with Gasteiger partial charge in [-0.3, -0.25) is 4.79 Å². The van der Waals surface area contributed by atoms with Crippen LogP contribution in [0.15, 0.2) is 71.6 Å². The van der Waals surface area contributed by atoms with Gasteiger partial charge in [0.05, 0.1) is 12.0 Å². The minimum absolute atomic E-state index is 0.110. The summed E-state index contributed by atoms with van der Waals surface area (Å²) < 4.78 is 11.4. The van der Waals surface area contributed by atoms with Gasteiger partial charge in [-0.1, -0.05) is 66.7 Å². The van der Waals surface area contributed by atoms with Crippen molar-refractivity contribution in [2.24, 2.45) is 0 Å². The maximum Gasteiger partial charge on any atom is 0.260 e. The minimum atomic E-state index is -0.226. The number of hydrogen-bond donors (Lipinski definition) is 2. The van der Waals surface area contributed by atoms with Crippen molar-refractivity contribution in [1.29, 1.82) is 0 Å². The average Bonchev–Trinajstić information content (AvgIpc) is 3.17. The summed E-state index contributed by atoms with van der Waals surface area (Å²) in [6.07, 6.45) is 2.84. The van der Waals surface area contributed by atoms with E-state index >= 15 is 0 Å². The second-order valence-electron chi connectivity index (χ2n) is 7.47. The molecule has 1 fully saturated rings. The minimum Gasteiger partial charge on any atom is -0.493 e. The average molecular weight is 481 g/mol. The molecule has 5 nitrogen and oxygen atoms in total. The number of benzene rings is 3. The number of hydrogen-bond acceptors (Lipinski definition) is 5. The molecular weight excluding hydrogens is 456 g/mol. The van der Waals surface area contributed by atoms with Gasteiger partial charge in [0.15, 0.2) is 17.0 Å². The van der Waals surface area contributed by atoms with E-state index in [9.17, 15) is 4.79 Å². The van der Waals surface area contributed by atoms with Crippen molar-refractivity contribution in [3.05, 3.63) is 93.3 Å². The Kier molecular flexibility index (Phi) is 7.47. The topological polar surface area (TPSA) is 59.6 Å². The zero-order chi connectivity index (χ0) is 23.2. The van der Waals surface area contributed by atoms with Crippen molar-refractivity contribution in [2.75, 3.05) is 12.4 Å². The van der Waals surface area contributed by atoms with Gasteiger partial charge >= 0.3 is 0 Å². The highest BCUT2D eigenvalue weighted by molar-refractivity contribution is 8.05. The van der Waals surface area contributed by atoms with Crippen LogP contribution in [0.1, 0.15) is 23.6 Å². The largest absolute Gasteiger partial charge is 0.493 e. The van der Waals surface area contributed by atoms with E-state index in [0.717, 1.165) is 23.2 Å². The van der Waals surface area contributed by atoms with Crippen LogP contribution in [0.5, 0.6) is 11.5 Å². The molecule has 1 heterocycles. The van der Waals surface area contributed by atoms with E-state index in [0.29, 0.717) is 28.0 Å². The van der Waals surface area contributed by atoms with Gasteiger partial charge in [0, 0.05) is 16.3 Å². The number of carbonyl (C=O) groups excluding carboxylic acids is 1. The third kappa shape index (κ3) is 5.83. The standard InChI is InChI=1S/C26H25ClN2O3S/c1-3-17-8-11-20(12-9-17)28-26-29-25(30)24(33-26)15-18-10-13-22(23(14-18)31-2)32-16-19-6-4-5-7-21(19)27/h4-15,26,28H,3,16H2,1-2H3,(H,29,30)/b24-15-/t26-/m0/s1. The molecule has 0 aromatic heterocycles. The fraction of sp³-hybridized carbons (Fsp3) is 0.192. The van der Waals surface area contributed by atoms with E-state index in [1.807, 2.05) is 60.7 Å². The molecule has 1 saturated heterocycles. The number of nitrogens with one attached hydrogen (secondary N) is 2. The Bertz CT molecular complexity index is 1160. The first-order valence-corrected chi connectivity index (χ1v) is 11.9. The molecule has 7 heteroatoms. The third-order valence-corrected chi connectivity index (χ3v) is 6.61. The summed E-state index contributed by atoms with van der Waals surface area (Å²) in [7, 11) is 1.59. The molecule has 1 aliphatic heterocycles. The van der Waals surface area contributed by atoms with Gasteiger partial charge in [0.2, 0.25) is 0 Å². The van der Waals surface area contributed by atoms with Crippen LogP contribution in [-0.4, -0.2) is 18.5 Å². The molecule has 0 unspecified atom stereocenters. The first-order chi connectivity index (χ1) is 16.1. The summed E-state index contributed by atoms with van der Waals surface area (Å²) in [5, 5.41) is 6.96. The Labute approximate surface area is 203 Å². The van der Waals surface area contributed by atoms with Gasteiger partial charge in [0.25, 0.3) is 5.91 Å². The molecule has 2 N–H and O–H groups in total. The Morgan fingerprint density at radius 2 is 1.88 bits per heavy atom. The summed E-state index contributed by atoms with van der Waals surface area (Å²) in [5.74, 6) is 1.09. The number of anilines is 1. The smallest absolute Gasteiger partial charge is 0.260 e. The lowest BCUT2D eigenvalue weighted by molar-refractivity contribution is -0.116. The number of thioether (sulfide) groups is 1. The molecule has 3 aromatic carbocycles. The summed E-state index contributed by atoms with van der Waals surface area (Å²) in [4.78, 5) is 13.1. The summed E-state index contributed by atoms with van der Waals surface area (Å²) >= 11 is 7.66. The predicted octanol–water partition coefficient (Wildman–Crippen LogP) is 6.09. The van der Waals surface area contributed by atoms with Gasteiger partial charge in [-0.2, -0.15) is 0 Å². The number of halogens is 1. The molecule has 0 radical (unpaired) electrons. The Morgan fingerprint density at radius 3 is 2.61 bits per heavy atom. The summed E-state index contributed by atoms with van der Waals surface area (Å²) in [6, 6.07) is 21.4. The maximum atomic E-state index is 12.5. The zero-order valence-electron chi connectivity index (χ0n) is 18.4. The maximum absolute atomic E-state index is 12.5. The van der Waals surface area contributed by atoms with E-state index in [1.54, 1.807) is 7.11 Å². The van der Waals surface area contributed by atoms with Crippen LogP contribution < -0.4 is 20.1 Å². The number of carbonyl (C=O) groups is 1. The lowest BCUT2D eigenvalue weighted by atomic mass is 10.1. The zero-order valence-corrected chi connectivity index (χ0v) is 20.0. The van der Waals surface area contributed by atoms with Gasteiger partial charge in [-0.05, 0) is 54.0 Å². The highest BCUT2D eigenvalue weighted by atomic mass is 35.5. The lowest BCUT2D eigenvalue weighted by Gasteiger charge is -2.13. The normalized spacial score (nSPS) is 16.5. The van der Waals surface area contributed by atoms with Gasteiger partial charge in [-0.25, -0.2) is 0 Å². The van der Waals surface area contributed by atoms with Crippen molar-refractivity contribution < 1.29 is 14.3 Å². The SMILES string of the molecule is CCc1ccc(N[C@H]2NC(=O)/C(=C/c3ccc(OCc4ccccc4Cl)c(OC)c3)S2)cc1. The second-order valence-corrected chi connectivity index (χ2v) is 9.02. The molecule has 1 amide bonds. The van der Waals surface area contributed by atoms with Crippen molar-refractivity contribution in [3.63, 3.8) is 0 Å². The van der Waals surface area contributed by atoms with E-state index in [1.165, 1.54) is 17.3 Å². The van der Waals surface area contributed by atoms with Crippen LogP contribution in [0.4, 0.5) is 5.69 Å². The van der Waals surface area contributed by atoms with Crippen LogP contribution in [0.3, 0.4) is 0 Å². The van der Waals surface area contributed by atoms with E-state index in [-0.39, 0.29) is 11.4 Å². The molecule has 4 rings (SSSR count). The highest BCUT2D eigenvalue weighted by Crippen LogP contribution is 2.34. The summed E-state index contributed by atoms with van der Waals surface area (Å²) in [6.45, 7) is 2.46. The highest BCUT2D eigenvalue weighted by Gasteiger charge is 2.27. The molecule has 0 bridgehead atoms. The molecule has 0 saturated carbocycles. The van der Waals surface area contributed by atoms with Gasteiger partial charge < -0.3 is 20.1 Å². The van der Waals surface area contributed by atoms with E-state index in [2.05, 4.69) is 29.7 Å². The Hall–Kier alpha value is -3.09. The van der Waals surface area contributed by atoms with Crippen molar-refractivity contribution in [1.82, 2.24) is 5.32 Å². The van der Waals surface area contributed by atoms with Crippen molar-refractivity contribution >= 4 is 41.0 Å². The van der Waals surface area contributed by atoms with Crippen LogP contribution in [-0.2, 0) is 17.8 Å². The predicted molar refractivity (Wildman–Crippen MR) is 136 cm³/mol. The van der Waals surface area contributed by atoms with Gasteiger partial charge in [-0.15, -0.1) is 0 Å². The number of methoxy groups -OCH3 is 1. The molecule has 1 aliphatic rings. The lowest BCUT2D eigenvalue weighted by Crippen LogP contribution is -2.30. The van der Waals surface area contributed by atoms with E-state index in [4.69, 9.17) is 21.1 Å². The van der Waals surface area contributed by atoms with Crippen molar-refractivity contribution in [2.45, 2.75) is 25.4 Å². The monoisotopic (exact) mass is 480 g/mol.